The molecule has 0 N–H and O–H groups in total. The van der Waals surface area contributed by atoms with Crippen molar-refractivity contribution in [2.75, 3.05) is 6.61 Å². The summed E-state index contributed by atoms with van der Waals surface area (Å²) >= 11 is 0. The molecule has 2 nitrogen and oxygen atoms in total. The Morgan fingerprint density at radius 1 is 1.46 bits per heavy atom. The third-order valence-corrected chi connectivity index (χ3v) is 1.34. The van der Waals surface area contributed by atoms with E-state index in [2.05, 4.69) is 31.7 Å². The first-order valence-electron chi connectivity index (χ1n) is 4.37. The number of hydrogen-bond donors (Lipinski definition) is 0. The first-order chi connectivity index (χ1) is 6.24. The Morgan fingerprint density at radius 2 is 2.15 bits per heavy atom. The van der Waals surface area contributed by atoms with Crippen molar-refractivity contribution in [3.63, 3.8) is 0 Å². The molecule has 0 aliphatic carbocycles. The predicted octanol–water partition coefficient (Wildman–Crippen LogP) is 3.09. The van der Waals surface area contributed by atoms with Gasteiger partial charge in [0.15, 0.2) is 5.90 Å². The van der Waals surface area contributed by atoms with Gasteiger partial charge in [-0.25, -0.2) is 4.99 Å². The van der Waals surface area contributed by atoms with Crippen LogP contribution in [0, 0.1) is 0 Å². The van der Waals surface area contributed by atoms with Crippen LogP contribution in [-0.4, -0.2) is 12.5 Å². The Morgan fingerprint density at radius 3 is 2.62 bits per heavy atom. The Labute approximate surface area is 80.3 Å². The van der Waals surface area contributed by atoms with Gasteiger partial charge >= 0.3 is 0 Å². The Bertz CT molecular complexity index is 216. The van der Waals surface area contributed by atoms with Crippen molar-refractivity contribution in [1.82, 2.24) is 0 Å². The maximum Gasteiger partial charge on any atom is 0.188 e. The smallest absolute Gasteiger partial charge is 0.188 e. The third kappa shape index (κ3) is 5.91. The predicted molar refractivity (Wildman–Crippen MR) is 57.8 cm³/mol. The minimum atomic E-state index is 0.489. The second-order valence-corrected chi connectivity index (χ2v) is 2.55. The number of aliphatic imine (C=N–C) groups is 1. The second-order valence-electron chi connectivity index (χ2n) is 2.55. The van der Waals surface area contributed by atoms with Gasteiger partial charge in [-0.3, -0.25) is 0 Å². The molecule has 0 amide bonds. The summed E-state index contributed by atoms with van der Waals surface area (Å²) in [6, 6.07) is 0. The lowest BCUT2D eigenvalue weighted by Crippen LogP contribution is -2.04. The van der Waals surface area contributed by atoms with E-state index in [4.69, 9.17) is 4.74 Å². The van der Waals surface area contributed by atoms with E-state index in [9.17, 15) is 0 Å². The summed E-state index contributed by atoms with van der Waals surface area (Å²) in [7, 11) is 0. The second kappa shape index (κ2) is 7.35. The van der Waals surface area contributed by atoms with Gasteiger partial charge in [0, 0.05) is 6.42 Å². The molecule has 0 aliphatic heterocycles. The van der Waals surface area contributed by atoms with Crippen LogP contribution in [0.5, 0.6) is 0 Å². The fourth-order valence-electron chi connectivity index (χ4n) is 0.735. The van der Waals surface area contributed by atoms with Crippen molar-refractivity contribution >= 4 is 5.90 Å². The van der Waals surface area contributed by atoms with Crippen molar-refractivity contribution in [3.8, 4) is 0 Å². The number of nitrogens with zero attached hydrogens (tertiary/aromatic N) is 1. The van der Waals surface area contributed by atoms with Crippen LogP contribution in [0.25, 0.3) is 0 Å². The molecule has 0 aromatic heterocycles. The zero-order chi connectivity index (χ0) is 10.1. The van der Waals surface area contributed by atoms with E-state index in [1.54, 1.807) is 12.2 Å². The number of allylic oxidation sites excluding steroid dienone is 1. The zero-order valence-corrected chi connectivity index (χ0v) is 8.25. The summed E-state index contributed by atoms with van der Waals surface area (Å²) < 4.78 is 5.33. The van der Waals surface area contributed by atoms with Gasteiger partial charge in [0.25, 0.3) is 0 Å². The summed E-state index contributed by atoms with van der Waals surface area (Å²) in [6.07, 6.45) is 5.12. The third-order valence-electron chi connectivity index (χ3n) is 1.34. The minimum Gasteiger partial charge on any atom is -0.477 e. The Balaban J connectivity index is 4.20. The SMILES string of the molecule is C=CCOC(CCC)=NC(=C)C=C. The van der Waals surface area contributed by atoms with Crippen LogP contribution in [0.4, 0.5) is 0 Å². The molecule has 0 bridgehead atoms. The summed E-state index contributed by atoms with van der Waals surface area (Å²) in [4.78, 5) is 4.16. The molecule has 13 heavy (non-hydrogen) atoms. The molecular weight excluding hydrogens is 162 g/mol. The van der Waals surface area contributed by atoms with Crippen LogP contribution >= 0.6 is 0 Å². The molecule has 72 valence electrons. The highest BCUT2D eigenvalue weighted by Crippen LogP contribution is 2.01. The molecule has 0 rings (SSSR count). The highest BCUT2D eigenvalue weighted by molar-refractivity contribution is 5.77. The van der Waals surface area contributed by atoms with E-state index in [-0.39, 0.29) is 0 Å². The van der Waals surface area contributed by atoms with Crippen molar-refractivity contribution in [1.29, 1.82) is 0 Å². The molecule has 0 aromatic rings. The van der Waals surface area contributed by atoms with Gasteiger partial charge < -0.3 is 4.74 Å². The number of rotatable bonds is 6. The van der Waals surface area contributed by atoms with E-state index >= 15 is 0 Å². The maximum atomic E-state index is 5.33. The molecule has 0 aromatic carbocycles. The van der Waals surface area contributed by atoms with Crippen molar-refractivity contribution in [2.24, 2.45) is 4.99 Å². The van der Waals surface area contributed by atoms with Crippen LogP contribution in [0.15, 0.2) is 42.6 Å². The van der Waals surface area contributed by atoms with Gasteiger partial charge in [0.1, 0.15) is 6.61 Å². The van der Waals surface area contributed by atoms with E-state index in [0.717, 1.165) is 12.8 Å². The molecule has 0 saturated heterocycles. The summed E-state index contributed by atoms with van der Waals surface area (Å²) in [5.41, 5.74) is 0.632. The largest absolute Gasteiger partial charge is 0.477 e. The molecule has 0 atom stereocenters. The molecule has 0 fully saturated rings. The highest BCUT2D eigenvalue weighted by atomic mass is 16.5. The summed E-state index contributed by atoms with van der Waals surface area (Å²) in [6.45, 7) is 13.4. The van der Waals surface area contributed by atoms with Gasteiger partial charge in [0.2, 0.25) is 0 Å². The topological polar surface area (TPSA) is 21.6 Å². The average Bonchev–Trinajstić information content (AvgIpc) is 2.14. The van der Waals surface area contributed by atoms with Gasteiger partial charge in [-0.05, 0) is 12.5 Å². The van der Waals surface area contributed by atoms with Crippen LogP contribution < -0.4 is 0 Å². The maximum absolute atomic E-state index is 5.33. The Hall–Kier alpha value is -1.31. The van der Waals surface area contributed by atoms with Gasteiger partial charge in [0.05, 0.1) is 5.70 Å². The van der Waals surface area contributed by atoms with Crippen LogP contribution in [0.1, 0.15) is 19.8 Å². The molecule has 2 heteroatoms. The molecule has 0 radical (unpaired) electrons. The number of ether oxygens (including phenoxy) is 1. The lowest BCUT2D eigenvalue weighted by molar-refractivity contribution is 0.339. The van der Waals surface area contributed by atoms with Crippen molar-refractivity contribution < 1.29 is 4.74 Å². The van der Waals surface area contributed by atoms with Crippen LogP contribution in [0.3, 0.4) is 0 Å². The Kier molecular flexibility index (Phi) is 6.60. The molecule has 0 unspecified atom stereocenters. The summed E-state index contributed by atoms with van der Waals surface area (Å²) in [5, 5.41) is 0. The fourth-order valence-corrected chi connectivity index (χ4v) is 0.735. The molecule has 0 saturated carbocycles. The first-order valence-corrected chi connectivity index (χ1v) is 4.37. The van der Waals surface area contributed by atoms with Crippen molar-refractivity contribution in [2.45, 2.75) is 19.8 Å². The van der Waals surface area contributed by atoms with Gasteiger partial charge in [-0.2, -0.15) is 0 Å². The first kappa shape index (κ1) is 11.7. The molecule has 0 spiro atoms. The summed E-state index contributed by atoms with van der Waals surface area (Å²) in [5.74, 6) is 0.701. The van der Waals surface area contributed by atoms with E-state index in [0.29, 0.717) is 18.2 Å². The lowest BCUT2D eigenvalue weighted by atomic mass is 10.3. The van der Waals surface area contributed by atoms with E-state index in [1.807, 2.05) is 0 Å². The molecule has 0 aliphatic rings. The minimum absolute atomic E-state index is 0.489. The number of hydrogen-bond acceptors (Lipinski definition) is 2. The van der Waals surface area contributed by atoms with Crippen LogP contribution in [0.2, 0.25) is 0 Å². The van der Waals surface area contributed by atoms with Crippen LogP contribution in [-0.2, 0) is 4.74 Å². The normalized spacial score (nSPS) is 10.7. The van der Waals surface area contributed by atoms with E-state index in [1.165, 1.54) is 0 Å². The highest BCUT2D eigenvalue weighted by Gasteiger charge is 1.97. The standard InChI is InChI=1S/C11H17NO/c1-5-8-11(13-9-6-2)12-10(4)7-3/h6-7H,2-5,8-9H2,1H3. The quantitative estimate of drug-likeness (QED) is 0.266. The van der Waals surface area contributed by atoms with Crippen molar-refractivity contribution in [3.05, 3.63) is 37.6 Å². The lowest BCUT2D eigenvalue weighted by Gasteiger charge is -2.05. The zero-order valence-electron chi connectivity index (χ0n) is 8.25. The van der Waals surface area contributed by atoms with Gasteiger partial charge in [-0.1, -0.05) is 32.7 Å². The van der Waals surface area contributed by atoms with E-state index < -0.39 is 0 Å². The molecular formula is C11H17NO. The van der Waals surface area contributed by atoms with Gasteiger partial charge in [-0.15, -0.1) is 0 Å². The average molecular weight is 179 g/mol. The molecule has 0 heterocycles. The monoisotopic (exact) mass is 179 g/mol. The fraction of sp³-hybridized carbons (Fsp3) is 0.364.